The molecule has 0 aromatic carbocycles. The van der Waals surface area contributed by atoms with Gasteiger partial charge in [0, 0.05) is 30.2 Å². The molecule has 1 aromatic heterocycles. The topological polar surface area (TPSA) is 42.1 Å². The van der Waals surface area contributed by atoms with Crippen molar-refractivity contribution < 1.29 is 0 Å². The summed E-state index contributed by atoms with van der Waals surface area (Å²) < 4.78 is 0.626. The third-order valence-corrected chi connectivity index (χ3v) is 3.55. The largest absolute Gasteiger partial charge is 0.327 e. The third-order valence-electron chi connectivity index (χ3n) is 2.45. The number of piperidine rings is 1. The first kappa shape index (κ1) is 10.4. The van der Waals surface area contributed by atoms with Crippen LogP contribution in [0.2, 0.25) is 4.47 Å². The fourth-order valence-electron chi connectivity index (χ4n) is 1.81. The Morgan fingerprint density at radius 3 is 3.21 bits per heavy atom. The molecule has 1 saturated heterocycles. The normalized spacial score (nSPS) is 24.0. The first-order valence-corrected chi connectivity index (χ1v) is 6.01. The number of rotatable bonds is 2. The van der Waals surface area contributed by atoms with E-state index in [2.05, 4.69) is 9.88 Å². The summed E-state index contributed by atoms with van der Waals surface area (Å²) in [4.78, 5) is 7.63. The lowest BCUT2D eigenvalue weighted by Gasteiger charge is -2.29. The Morgan fingerprint density at radius 1 is 1.71 bits per heavy atom. The summed E-state index contributed by atoms with van der Waals surface area (Å²) in [6.45, 7) is 3.08. The standard InChI is InChI=1S/C9H14ClN3S/c10-9-12-4-8(14-9)6-13-3-1-2-7(11)5-13/h4,7H,1-3,5-6,11H2/t7-/m0/s1. The van der Waals surface area contributed by atoms with Crippen LogP contribution in [0.5, 0.6) is 0 Å². The van der Waals surface area contributed by atoms with E-state index in [1.54, 1.807) is 11.3 Å². The zero-order valence-electron chi connectivity index (χ0n) is 7.95. The van der Waals surface area contributed by atoms with Gasteiger partial charge in [0.05, 0.1) is 0 Å². The number of likely N-dealkylation sites (tertiary alicyclic amines) is 1. The maximum atomic E-state index is 5.90. The van der Waals surface area contributed by atoms with Crippen LogP contribution < -0.4 is 5.73 Å². The maximum absolute atomic E-state index is 5.90. The highest BCUT2D eigenvalue weighted by Crippen LogP contribution is 2.20. The highest BCUT2D eigenvalue weighted by Gasteiger charge is 2.17. The number of hydrogen-bond acceptors (Lipinski definition) is 4. The van der Waals surface area contributed by atoms with Crippen LogP contribution in [-0.4, -0.2) is 29.0 Å². The predicted molar refractivity (Wildman–Crippen MR) is 59.6 cm³/mol. The minimum atomic E-state index is 0.340. The molecule has 1 aromatic rings. The maximum Gasteiger partial charge on any atom is 0.183 e. The molecule has 1 aliphatic heterocycles. The van der Waals surface area contributed by atoms with Crippen molar-refractivity contribution in [3.63, 3.8) is 0 Å². The highest BCUT2D eigenvalue weighted by molar-refractivity contribution is 7.15. The van der Waals surface area contributed by atoms with Gasteiger partial charge in [-0.3, -0.25) is 4.90 Å². The van der Waals surface area contributed by atoms with Crippen LogP contribution in [0.15, 0.2) is 6.20 Å². The zero-order chi connectivity index (χ0) is 9.97. The van der Waals surface area contributed by atoms with Crippen molar-refractivity contribution in [1.29, 1.82) is 0 Å². The Morgan fingerprint density at radius 2 is 2.57 bits per heavy atom. The van der Waals surface area contributed by atoms with Gasteiger partial charge in [-0.15, -0.1) is 11.3 Å². The van der Waals surface area contributed by atoms with E-state index in [-0.39, 0.29) is 0 Å². The van der Waals surface area contributed by atoms with Crippen molar-refractivity contribution in [2.75, 3.05) is 13.1 Å². The van der Waals surface area contributed by atoms with E-state index in [0.717, 1.165) is 26.1 Å². The van der Waals surface area contributed by atoms with Crippen molar-refractivity contribution in [3.8, 4) is 0 Å². The summed E-state index contributed by atoms with van der Waals surface area (Å²) in [5.74, 6) is 0. The molecule has 2 heterocycles. The molecule has 1 aliphatic rings. The number of halogens is 1. The minimum Gasteiger partial charge on any atom is -0.327 e. The lowest BCUT2D eigenvalue weighted by atomic mass is 10.1. The van der Waals surface area contributed by atoms with E-state index in [9.17, 15) is 0 Å². The summed E-state index contributed by atoms with van der Waals surface area (Å²) in [6, 6.07) is 0.340. The first-order valence-electron chi connectivity index (χ1n) is 4.82. The molecule has 0 spiro atoms. The molecule has 14 heavy (non-hydrogen) atoms. The van der Waals surface area contributed by atoms with Gasteiger partial charge in [0.1, 0.15) is 0 Å². The fraction of sp³-hybridized carbons (Fsp3) is 0.667. The molecular formula is C9H14ClN3S. The number of hydrogen-bond donors (Lipinski definition) is 1. The molecule has 3 nitrogen and oxygen atoms in total. The number of nitrogens with zero attached hydrogens (tertiary/aromatic N) is 2. The van der Waals surface area contributed by atoms with Crippen molar-refractivity contribution in [2.45, 2.75) is 25.4 Å². The lowest BCUT2D eigenvalue weighted by Crippen LogP contribution is -2.42. The van der Waals surface area contributed by atoms with Gasteiger partial charge in [-0.1, -0.05) is 11.6 Å². The first-order chi connectivity index (χ1) is 6.74. The summed E-state index contributed by atoms with van der Waals surface area (Å²) in [5.41, 5.74) is 5.90. The lowest BCUT2D eigenvalue weighted by molar-refractivity contribution is 0.203. The number of thiazole rings is 1. The van der Waals surface area contributed by atoms with Crippen LogP contribution in [0.1, 0.15) is 17.7 Å². The van der Waals surface area contributed by atoms with Gasteiger partial charge < -0.3 is 5.73 Å². The molecule has 1 atom stereocenters. The van der Waals surface area contributed by atoms with Crippen molar-refractivity contribution in [3.05, 3.63) is 15.5 Å². The van der Waals surface area contributed by atoms with Gasteiger partial charge >= 0.3 is 0 Å². The monoisotopic (exact) mass is 231 g/mol. The molecule has 78 valence electrons. The molecule has 0 aliphatic carbocycles. The van der Waals surface area contributed by atoms with E-state index in [0.29, 0.717) is 10.5 Å². The Bertz CT molecular complexity index is 302. The molecule has 0 radical (unpaired) electrons. The van der Waals surface area contributed by atoms with Crippen molar-refractivity contribution in [2.24, 2.45) is 5.73 Å². The average molecular weight is 232 g/mol. The van der Waals surface area contributed by atoms with Gasteiger partial charge in [0.15, 0.2) is 4.47 Å². The SMILES string of the molecule is N[C@H]1CCCN(Cc2cnc(Cl)s2)C1. The summed E-state index contributed by atoms with van der Waals surface area (Å²) in [7, 11) is 0. The predicted octanol–water partition coefficient (Wildman–Crippen LogP) is 1.72. The molecule has 2 N–H and O–H groups in total. The Labute approximate surface area is 92.9 Å². The second kappa shape index (κ2) is 4.57. The Kier molecular flexibility index (Phi) is 3.38. The summed E-state index contributed by atoms with van der Waals surface area (Å²) >= 11 is 7.33. The third kappa shape index (κ3) is 2.67. The van der Waals surface area contributed by atoms with Crippen molar-refractivity contribution >= 4 is 22.9 Å². The summed E-state index contributed by atoms with van der Waals surface area (Å²) in [6.07, 6.45) is 4.21. The number of nitrogens with two attached hydrogens (primary N) is 1. The van der Waals surface area contributed by atoms with E-state index in [1.807, 2.05) is 6.20 Å². The van der Waals surface area contributed by atoms with Gasteiger partial charge in [-0.2, -0.15) is 0 Å². The van der Waals surface area contributed by atoms with Crippen LogP contribution in [0, 0.1) is 0 Å². The highest BCUT2D eigenvalue weighted by atomic mass is 35.5. The fourth-order valence-corrected chi connectivity index (χ4v) is 2.83. The molecule has 0 unspecified atom stereocenters. The second-order valence-electron chi connectivity index (χ2n) is 3.72. The van der Waals surface area contributed by atoms with Crippen LogP contribution in [0.4, 0.5) is 0 Å². The second-order valence-corrected chi connectivity index (χ2v) is 5.41. The molecular weight excluding hydrogens is 218 g/mol. The molecule has 0 amide bonds. The minimum absolute atomic E-state index is 0.340. The van der Waals surface area contributed by atoms with Gasteiger partial charge in [-0.05, 0) is 19.4 Å². The van der Waals surface area contributed by atoms with E-state index in [4.69, 9.17) is 17.3 Å². The quantitative estimate of drug-likeness (QED) is 0.843. The zero-order valence-corrected chi connectivity index (χ0v) is 9.52. The van der Waals surface area contributed by atoms with Gasteiger partial charge in [-0.25, -0.2) is 4.98 Å². The van der Waals surface area contributed by atoms with Crippen LogP contribution in [-0.2, 0) is 6.54 Å². The van der Waals surface area contributed by atoms with E-state index < -0.39 is 0 Å². The molecule has 5 heteroatoms. The molecule has 2 rings (SSSR count). The van der Waals surface area contributed by atoms with Crippen LogP contribution >= 0.6 is 22.9 Å². The molecule has 1 fully saturated rings. The smallest absolute Gasteiger partial charge is 0.183 e. The average Bonchev–Trinajstić information content (AvgIpc) is 2.51. The number of aromatic nitrogens is 1. The van der Waals surface area contributed by atoms with Gasteiger partial charge in [0.2, 0.25) is 0 Å². The van der Waals surface area contributed by atoms with Gasteiger partial charge in [0.25, 0.3) is 0 Å². The Balaban J connectivity index is 1.90. The van der Waals surface area contributed by atoms with Crippen LogP contribution in [0.25, 0.3) is 0 Å². The molecule has 0 saturated carbocycles. The Hall–Kier alpha value is -0.160. The van der Waals surface area contributed by atoms with Crippen molar-refractivity contribution in [1.82, 2.24) is 9.88 Å². The summed E-state index contributed by atoms with van der Waals surface area (Å²) in [5, 5.41) is 0. The van der Waals surface area contributed by atoms with E-state index >= 15 is 0 Å². The molecule has 0 bridgehead atoms. The van der Waals surface area contributed by atoms with E-state index in [1.165, 1.54) is 11.3 Å². The van der Waals surface area contributed by atoms with Crippen LogP contribution in [0.3, 0.4) is 0 Å².